The fourth-order valence-corrected chi connectivity index (χ4v) is 1.79. The van der Waals surface area contributed by atoms with Gasteiger partial charge in [-0.3, -0.25) is 0 Å². The zero-order chi connectivity index (χ0) is 12.5. The molecule has 18 heavy (non-hydrogen) atoms. The number of rotatable bonds is 6. The number of benzene rings is 2. The molecule has 1 N–H and O–H groups in total. The summed E-state index contributed by atoms with van der Waals surface area (Å²) >= 11 is 0. The Balaban J connectivity index is 1.63. The minimum absolute atomic E-state index is 1.02. The molecule has 0 aliphatic heterocycles. The van der Waals surface area contributed by atoms with Crippen molar-refractivity contribution in [1.29, 1.82) is 0 Å². The van der Waals surface area contributed by atoms with Gasteiger partial charge in [-0.15, -0.1) is 0 Å². The van der Waals surface area contributed by atoms with E-state index in [0.29, 0.717) is 0 Å². The van der Waals surface area contributed by atoms with E-state index < -0.39 is 0 Å². The van der Waals surface area contributed by atoms with Crippen molar-refractivity contribution in [3.63, 3.8) is 0 Å². The summed E-state index contributed by atoms with van der Waals surface area (Å²) in [5.41, 5.74) is 2.47. The molecule has 0 amide bonds. The van der Waals surface area contributed by atoms with Crippen LogP contribution in [0.5, 0.6) is 0 Å². The Hall–Kier alpha value is -2.02. The van der Waals surface area contributed by atoms with Crippen molar-refractivity contribution < 1.29 is 0 Å². The molecule has 0 bridgehead atoms. The highest BCUT2D eigenvalue weighted by atomic mass is 14.9. The van der Waals surface area contributed by atoms with Gasteiger partial charge in [0.2, 0.25) is 0 Å². The first kappa shape index (κ1) is 12.4. The van der Waals surface area contributed by atoms with Crippen molar-refractivity contribution in [2.75, 3.05) is 11.9 Å². The molecule has 0 aromatic heterocycles. The lowest BCUT2D eigenvalue weighted by atomic mass is 10.2. The van der Waals surface area contributed by atoms with Crippen molar-refractivity contribution in [3.8, 4) is 0 Å². The third-order valence-electron chi connectivity index (χ3n) is 2.76. The van der Waals surface area contributed by atoms with E-state index in [-0.39, 0.29) is 0 Å². The Kier molecular flexibility index (Phi) is 5.07. The van der Waals surface area contributed by atoms with Crippen LogP contribution in [0, 0.1) is 0 Å². The lowest BCUT2D eigenvalue weighted by Gasteiger charge is -2.04. The fourth-order valence-electron chi connectivity index (χ4n) is 1.79. The van der Waals surface area contributed by atoms with Crippen LogP contribution in [-0.2, 0) is 0 Å². The van der Waals surface area contributed by atoms with Crippen LogP contribution in [0.3, 0.4) is 0 Å². The van der Waals surface area contributed by atoms with Gasteiger partial charge in [0.1, 0.15) is 0 Å². The van der Waals surface area contributed by atoms with Crippen LogP contribution in [0.25, 0.3) is 6.08 Å². The largest absolute Gasteiger partial charge is 0.385 e. The third kappa shape index (κ3) is 4.46. The summed E-state index contributed by atoms with van der Waals surface area (Å²) in [7, 11) is 0. The van der Waals surface area contributed by atoms with Gasteiger partial charge in [-0.2, -0.15) is 0 Å². The van der Waals surface area contributed by atoms with Crippen LogP contribution < -0.4 is 5.32 Å². The van der Waals surface area contributed by atoms with Crippen LogP contribution in [0.15, 0.2) is 66.7 Å². The van der Waals surface area contributed by atoms with E-state index in [0.717, 1.165) is 19.4 Å². The first-order chi connectivity index (χ1) is 8.95. The summed E-state index contributed by atoms with van der Waals surface area (Å²) in [6.07, 6.45) is 6.68. The average Bonchev–Trinajstić information content (AvgIpc) is 2.45. The molecule has 0 spiro atoms. The second kappa shape index (κ2) is 7.33. The molecule has 2 rings (SSSR count). The SMILES string of the molecule is C(=C\c1ccccc1)/CCCNc1ccccc1. The molecule has 2 aromatic carbocycles. The average molecular weight is 237 g/mol. The zero-order valence-corrected chi connectivity index (χ0v) is 10.5. The molecule has 0 atom stereocenters. The van der Waals surface area contributed by atoms with Gasteiger partial charge >= 0.3 is 0 Å². The van der Waals surface area contributed by atoms with Crippen LogP contribution in [0.4, 0.5) is 5.69 Å². The van der Waals surface area contributed by atoms with Gasteiger partial charge in [0.25, 0.3) is 0 Å². The maximum Gasteiger partial charge on any atom is 0.0340 e. The highest BCUT2D eigenvalue weighted by Crippen LogP contribution is 2.06. The minimum atomic E-state index is 1.02. The van der Waals surface area contributed by atoms with Gasteiger partial charge in [-0.1, -0.05) is 60.7 Å². The molecule has 0 saturated heterocycles. The van der Waals surface area contributed by atoms with Crippen molar-refractivity contribution in [3.05, 3.63) is 72.3 Å². The Morgan fingerprint density at radius 2 is 1.50 bits per heavy atom. The number of nitrogens with one attached hydrogen (secondary N) is 1. The molecule has 1 heteroatoms. The second-order valence-electron chi connectivity index (χ2n) is 4.25. The molecular weight excluding hydrogens is 218 g/mol. The number of para-hydroxylation sites is 1. The molecule has 0 aliphatic carbocycles. The smallest absolute Gasteiger partial charge is 0.0340 e. The summed E-state index contributed by atoms with van der Waals surface area (Å²) in [6.45, 7) is 1.02. The molecule has 2 aromatic rings. The standard InChI is InChI=1S/C17H19N/c1-4-10-16(11-5-1)12-6-3-9-15-18-17-13-7-2-8-14-17/h1-2,4-8,10-14,18H,3,9,15H2/b12-6+. The number of hydrogen-bond donors (Lipinski definition) is 1. The van der Waals surface area contributed by atoms with E-state index in [1.54, 1.807) is 0 Å². The van der Waals surface area contributed by atoms with E-state index >= 15 is 0 Å². The summed E-state index contributed by atoms with van der Waals surface area (Å²) in [4.78, 5) is 0. The van der Waals surface area contributed by atoms with E-state index in [2.05, 4.69) is 66.0 Å². The van der Waals surface area contributed by atoms with Crippen LogP contribution in [-0.4, -0.2) is 6.54 Å². The minimum Gasteiger partial charge on any atom is -0.385 e. The van der Waals surface area contributed by atoms with E-state index in [4.69, 9.17) is 0 Å². The molecule has 0 radical (unpaired) electrons. The normalized spacial score (nSPS) is 10.7. The lowest BCUT2D eigenvalue weighted by Crippen LogP contribution is -2.00. The molecule has 92 valence electrons. The highest BCUT2D eigenvalue weighted by molar-refractivity contribution is 5.48. The Bertz CT molecular complexity index is 459. The second-order valence-corrected chi connectivity index (χ2v) is 4.25. The van der Waals surface area contributed by atoms with Crippen LogP contribution in [0.2, 0.25) is 0 Å². The molecule has 0 heterocycles. The van der Waals surface area contributed by atoms with Gasteiger partial charge in [0.15, 0.2) is 0 Å². The van der Waals surface area contributed by atoms with Gasteiger partial charge in [-0.05, 0) is 30.5 Å². The molecule has 0 saturated carbocycles. The molecule has 0 unspecified atom stereocenters. The van der Waals surface area contributed by atoms with Gasteiger partial charge in [-0.25, -0.2) is 0 Å². The van der Waals surface area contributed by atoms with Crippen molar-refractivity contribution in [2.24, 2.45) is 0 Å². The Morgan fingerprint density at radius 3 is 2.22 bits per heavy atom. The first-order valence-corrected chi connectivity index (χ1v) is 6.46. The maximum absolute atomic E-state index is 3.41. The summed E-state index contributed by atoms with van der Waals surface area (Å²) in [6, 6.07) is 20.8. The third-order valence-corrected chi connectivity index (χ3v) is 2.76. The number of hydrogen-bond acceptors (Lipinski definition) is 1. The van der Waals surface area contributed by atoms with Crippen molar-refractivity contribution in [2.45, 2.75) is 12.8 Å². The summed E-state index contributed by atoms with van der Waals surface area (Å²) in [5, 5.41) is 3.41. The number of allylic oxidation sites excluding steroid dienone is 1. The Morgan fingerprint density at radius 1 is 0.833 bits per heavy atom. The van der Waals surface area contributed by atoms with Crippen LogP contribution >= 0.6 is 0 Å². The topological polar surface area (TPSA) is 12.0 Å². The number of unbranched alkanes of at least 4 members (excludes halogenated alkanes) is 1. The van der Waals surface area contributed by atoms with Gasteiger partial charge < -0.3 is 5.32 Å². The number of anilines is 1. The molecular formula is C17H19N. The molecule has 1 nitrogen and oxygen atoms in total. The van der Waals surface area contributed by atoms with Gasteiger partial charge in [0.05, 0.1) is 0 Å². The van der Waals surface area contributed by atoms with Crippen LogP contribution in [0.1, 0.15) is 18.4 Å². The predicted molar refractivity (Wildman–Crippen MR) is 79.6 cm³/mol. The van der Waals surface area contributed by atoms with E-state index in [1.165, 1.54) is 11.3 Å². The fraction of sp³-hybridized carbons (Fsp3) is 0.176. The quantitative estimate of drug-likeness (QED) is 0.724. The Labute approximate surface area is 109 Å². The zero-order valence-electron chi connectivity index (χ0n) is 10.5. The molecule has 0 fully saturated rings. The molecule has 0 aliphatic rings. The summed E-state index contributed by atoms with van der Waals surface area (Å²) < 4.78 is 0. The maximum atomic E-state index is 3.41. The predicted octanol–water partition coefficient (Wildman–Crippen LogP) is 4.59. The van der Waals surface area contributed by atoms with Crippen molar-refractivity contribution >= 4 is 11.8 Å². The first-order valence-electron chi connectivity index (χ1n) is 6.46. The highest BCUT2D eigenvalue weighted by Gasteiger charge is 1.88. The van der Waals surface area contributed by atoms with Gasteiger partial charge in [0, 0.05) is 12.2 Å². The monoisotopic (exact) mass is 237 g/mol. The summed E-state index contributed by atoms with van der Waals surface area (Å²) in [5.74, 6) is 0. The lowest BCUT2D eigenvalue weighted by molar-refractivity contribution is 0.892. The van der Waals surface area contributed by atoms with E-state index in [9.17, 15) is 0 Å². The van der Waals surface area contributed by atoms with E-state index in [1.807, 2.05) is 12.1 Å². The van der Waals surface area contributed by atoms with Crippen molar-refractivity contribution in [1.82, 2.24) is 0 Å².